The van der Waals surface area contributed by atoms with Crippen LogP contribution < -0.4 is 0 Å². The maximum Gasteiger partial charge on any atom is 0.234 e. The summed E-state index contributed by atoms with van der Waals surface area (Å²) >= 11 is 11.0. The standard InChI is InChI=1S/C16H10BrClN4S/c17-13-4-2-1-3-12(13)15-21-22-14(19-20-16(22)23-15)9-10-5-7-11(18)8-6-10/h1-8H,9H2. The lowest BCUT2D eigenvalue weighted by Gasteiger charge is -1.99. The van der Waals surface area contributed by atoms with Crippen molar-refractivity contribution in [1.82, 2.24) is 19.8 Å². The number of fused-ring (bicyclic) bond motifs is 1. The highest BCUT2D eigenvalue weighted by Gasteiger charge is 2.14. The molecule has 4 nitrogen and oxygen atoms in total. The largest absolute Gasteiger partial charge is 0.234 e. The average Bonchev–Trinajstić information content (AvgIpc) is 3.12. The fraction of sp³-hybridized carbons (Fsp3) is 0.0625. The molecule has 0 atom stereocenters. The number of aromatic nitrogens is 4. The van der Waals surface area contributed by atoms with Crippen LogP contribution in [0, 0.1) is 0 Å². The van der Waals surface area contributed by atoms with Crippen LogP contribution >= 0.6 is 38.9 Å². The average molecular weight is 406 g/mol. The third kappa shape index (κ3) is 2.89. The molecule has 4 rings (SSSR count). The molecular weight excluding hydrogens is 396 g/mol. The van der Waals surface area contributed by atoms with Gasteiger partial charge in [0.15, 0.2) is 5.82 Å². The van der Waals surface area contributed by atoms with Crippen LogP contribution in [-0.2, 0) is 6.42 Å². The van der Waals surface area contributed by atoms with E-state index < -0.39 is 0 Å². The Morgan fingerprint density at radius 2 is 1.83 bits per heavy atom. The van der Waals surface area contributed by atoms with Gasteiger partial charge in [-0.15, -0.1) is 10.2 Å². The zero-order valence-electron chi connectivity index (χ0n) is 11.8. The molecule has 0 radical (unpaired) electrons. The molecule has 0 unspecified atom stereocenters. The first-order valence-electron chi connectivity index (χ1n) is 6.91. The quantitative estimate of drug-likeness (QED) is 0.489. The predicted octanol–water partition coefficient (Wildman–Crippen LogP) is 4.86. The lowest BCUT2D eigenvalue weighted by Crippen LogP contribution is -1.97. The molecule has 2 aromatic carbocycles. The Kier molecular flexibility index (Phi) is 3.88. The molecule has 4 aromatic rings. The molecule has 0 N–H and O–H groups in total. The van der Waals surface area contributed by atoms with E-state index in [-0.39, 0.29) is 0 Å². The van der Waals surface area contributed by atoms with Gasteiger partial charge >= 0.3 is 0 Å². The summed E-state index contributed by atoms with van der Waals surface area (Å²) in [6.45, 7) is 0. The Balaban J connectivity index is 1.72. The van der Waals surface area contributed by atoms with E-state index in [1.165, 1.54) is 11.3 Å². The molecular formula is C16H10BrClN4S. The molecule has 0 aliphatic heterocycles. The summed E-state index contributed by atoms with van der Waals surface area (Å²) in [5.74, 6) is 0.817. The summed E-state index contributed by atoms with van der Waals surface area (Å²) in [4.78, 5) is 0.791. The normalized spacial score (nSPS) is 11.2. The fourth-order valence-corrected chi connectivity index (χ4v) is 3.92. The van der Waals surface area contributed by atoms with Crippen molar-refractivity contribution in [1.29, 1.82) is 0 Å². The number of benzene rings is 2. The minimum Gasteiger partial charge on any atom is -0.187 e. The Bertz CT molecular complexity index is 977. The highest BCUT2D eigenvalue weighted by molar-refractivity contribution is 9.10. The van der Waals surface area contributed by atoms with E-state index in [1.807, 2.05) is 53.0 Å². The second-order valence-electron chi connectivity index (χ2n) is 5.00. The monoisotopic (exact) mass is 404 g/mol. The van der Waals surface area contributed by atoms with Crippen molar-refractivity contribution in [2.24, 2.45) is 0 Å². The van der Waals surface area contributed by atoms with Gasteiger partial charge in [-0.2, -0.15) is 9.61 Å². The summed E-state index contributed by atoms with van der Waals surface area (Å²) in [5.41, 5.74) is 2.18. The zero-order valence-corrected chi connectivity index (χ0v) is 14.9. The molecule has 0 bridgehead atoms. The molecule has 0 saturated heterocycles. The van der Waals surface area contributed by atoms with Crippen LogP contribution in [-0.4, -0.2) is 19.8 Å². The van der Waals surface area contributed by atoms with Crippen LogP contribution in [0.5, 0.6) is 0 Å². The van der Waals surface area contributed by atoms with Crippen molar-refractivity contribution in [3.8, 4) is 10.6 Å². The summed E-state index contributed by atoms with van der Waals surface area (Å²) in [5, 5.41) is 14.8. The van der Waals surface area contributed by atoms with Crippen molar-refractivity contribution in [3.63, 3.8) is 0 Å². The van der Waals surface area contributed by atoms with Crippen molar-refractivity contribution in [2.75, 3.05) is 0 Å². The van der Waals surface area contributed by atoms with E-state index in [2.05, 4.69) is 31.2 Å². The molecule has 2 heterocycles. The van der Waals surface area contributed by atoms with Gasteiger partial charge in [0.25, 0.3) is 0 Å². The van der Waals surface area contributed by atoms with Crippen LogP contribution in [0.2, 0.25) is 5.02 Å². The van der Waals surface area contributed by atoms with E-state index in [1.54, 1.807) is 0 Å². The van der Waals surface area contributed by atoms with Crippen molar-refractivity contribution in [2.45, 2.75) is 6.42 Å². The third-order valence-corrected chi connectivity index (χ3v) is 5.31. The van der Waals surface area contributed by atoms with Gasteiger partial charge in [0.1, 0.15) is 5.01 Å². The van der Waals surface area contributed by atoms with Crippen molar-refractivity contribution < 1.29 is 0 Å². The SMILES string of the molecule is Clc1ccc(Cc2nnc3sc(-c4ccccc4Br)nn23)cc1. The second kappa shape index (κ2) is 6.03. The summed E-state index contributed by atoms with van der Waals surface area (Å²) in [7, 11) is 0. The van der Waals surface area contributed by atoms with Gasteiger partial charge < -0.3 is 0 Å². The minimum absolute atomic E-state index is 0.664. The Hall–Kier alpha value is -1.76. The Labute approximate surface area is 149 Å². The number of hydrogen-bond acceptors (Lipinski definition) is 4. The van der Waals surface area contributed by atoms with Gasteiger partial charge in [0.05, 0.1) is 0 Å². The lowest BCUT2D eigenvalue weighted by atomic mass is 10.1. The van der Waals surface area contributed by atoms with Gasteiger partial charge in [-0.1, -0.05) is 69.2 Å². The van der Waals surface area contributed by atoms with Crippen LogP contribution in [0.15, 0.2) is 53.0 Å². The molecule has 0 amide bonds. The van der Waals surface area contributed by atoms with Gasteiger partial charge in [0, 0.05) is 21.5 Å². The molecule has 0 aliphatic rings. The molecule has 2 aromatic heterocycles. The zero-order chi connectivity index (χ0) is 15.8. The van der Waals surface area contributed by atoms with Gasteiger partial charge in [-0.25, -0.2) is 0 Å². The van der Waals surface area contributed by atoms with E-state index in [9.17, 15) is 0 Å². The lowest BCUT2D eigenvalue weighted by molar-refractivity contribution is 0.854. The molecule has 0 fully saturated rings. The maximum atomic E-state index is 5.93. The summed E-state index contributed by atoms with van der Waals surface area (Å²) in [6, 6.07) is 15.8. The van der Waals surface area contributed by atoms with Crippen molar-refractivity contribution >= 4 is 43.8 Å². The van der Waals surface area contributed by atoms with Crippen LogP contribution in [0.4, 0.5) is 0 Å². The number of halogens is 2. The van der Waals surface area contributed by atoms with Gasteiger partial charge in [-0.05, 0) is 23.8 Å². The van der Waals surface area contributed by atoms with Gasteiger partial charge in [0.2, 0.25) is 4.96 Å². The predicted molar refractivity (Wildman–Crippen MR) is 96.1 cm³/mol. The van der Waals surface area contributed by atoms with Gasteiger partial charge in [-0.3, -0.25) is 0 Å². The number of rotatable bonds is 3. The maximum absolute atomic E-state index is 5.93. The molecule has 114 valence electrons. The van der Waals surface area contributed by atoms with E-state index in [4.69, 9.17) is 11.6 Å². The molecule has 7 heteroatoms. The first-order chi connectivity index (χ1) is 11.2. The third-order valence-electron chi connectivity index (χ3n) is 3.44. The topological polar surface area (TPSA) is 43.1 Å². The minimum atomic E-state index is 0.664. The van der Waals surface area contributed by atoms with E-state index >= 15 is 0 Å². The van der Waals surface area contributed by atoms with E-state index in [0.717, 1.165) is 36.4 Å². The highest BCUT2D eigenvalue weighted by Crippen LogP contribution is 2.31. The smallest absolute Gasteiger partial charge is 0.187 e. The van der Waals surface area contributed by atoms with Crippen molar-refractivity contribution in [3.05, 3.63) is 69.4 Å². The fourth-order valence-electron chi connectivity index (χ4n) is 2.30. The first-order valence-corrected chi connectivity index (χ1v) is 8.90. The Morgan fingerprint density at radius 3 is 2.61 bits per heavy atom. The van der Waals surface area contributed by atoms with E-state index in [0.29, 0.717) is 6.42 Å². The molecule has 0 spiro atoms. The molecule has 0 aliphatic carbocycles. The molecule has 0 saturated carbocycles. The van der Waals surface area contributed by atoms with Crippen LogP contribution in [0.1, 0.15) is 11.4 Å². The summed E-state index contributed by atoms with van der Waals surface area (Å²) < 4.78 is 2.83. The second-order valence-corrected chi connectivity index (χ2v) is 7.25. The summed E-state index contributed by atoms with van der Waals surface area (Å²) in [6.07, 6.45) is 0.664. The number of hydrogen-bond donors (Lipinski definition) is 0. The Morgan fingerprint density at radius 1 is 1.04 bits per heavy atom. The molecule has 23 heavy (non-hydrogen) atoms. The van der Waals surface area contributed by atoms with Crippen LogP contribution in [0.25, 0.3) is 15.5 Å². The van der Waals surface area contributed by atoms with Crippen LogP contribution in [0.3, 0.4) is 0 Å². The number of nitrogens with zero attached hydrogens (tertiary/aromatic N) is 4. The first kappa shape index (κ1) is 14.8. The highest BCUT2D eigenvalue weighted by atomic mass is 79.9.